The van der Waals surface area contributed by atoms with Gasteiger partial charge in [0.15, 0.2) is 0 Å². The monoisotopic (exact) mass is 181 g/mol. The Bertz CT molecular complexity index is 336. The molecule has 14 heavy (non-hydrogen) atoms. The van der Waals surface area contributed by atoms with Gasteiger partial charge in [0.05, 0.1) is 0 Å². The van der Waals surface area contributed by atoms with Gasteiger partial charge in [0.25, 0.3) is 0 Å². The Kier molecular flexibility index (Phi) is 2.64. The Morgan fingerprint density at radius 3 is 2.29 bits per heavy atom. The van der Waals surface area contributed by atoms with Crippen LogP contribution in [0.15, 0.2) is 54.6 Å². The fourth-order valence-electron chi connectivity index (χ4n) is 1.61. The Labute approximate surface area is 85.2 Å². The van der Waals surface area contributed by atoms with Crippen LogP contribution in [0.2, 0.25) is 0 Å². The van der Waals surface area contributed by atoms with Crippen molar-refractivity contribution in [1.82, 2.24) is 0 Å². The highest BCUT2D eigenvalue weighted by Crippen LogP contribution is 2.22. The summed E-state index contributed by atoms with van der Waals surface area (Å²) in [7, 11) is 0. The van der Waals surface area contributed by atoms with Gasteiger partial charge in [0, 0.05) is 5.92 Å². The minimum Gasteiger partial charge on any atom is -0.0622 e. The molecule has 0 saturated heterocycles. The molecule has 0 aliphatic carbocycles. The fourth-order valence-corrected chi connectivity index (χ4v) is 1.61. The van der Waals surface area contributed by atoms with Crippen molar-refractivity contribution in [1.29, 1.82) is 0 Å². The third-order valence-corrected chi connectivity index (χ3v) is 2.53. The summed E-state index contributed by atoms with van der Waals surface area (Å²) in [5, 5.41) is 0. The van der Waals surface area contributed by atoms with E-state index in [2.05, 4.69) is 49.4 Å². The standard InChI is InChI=1S/C14H13/c1-12(13-8-4-2-5-9-13)14-10-6-3-7-11-14/h2-6,8-12H,1H3. The lowest BCUT2D eigenvalue weighted by molar-refractivity contribution is 0.922. The minimum atomic E-state index is 0.452. The van der Waals surface area contributed by atoms with Crippen molar-refractivity contribution in [2.45, 2.75) is 12.8 Å². The molecule has 0 heteroatoms. The number of hydrogen-bond acceptors (Lipinski definition) is 0. The predicted molar refractivity (Wildman–Crippen MR) is 59.2 cm³/mol. The molecule has 0 aliphatic rings. The summed E-state index contributed by atoms with van der Waals surface area (Å²) < 4.78 is 0. The van der Waals surface area contributed by atoms with E-state index in [1.807, 2.05) is 18.2 Å². The topological polar surface area (TPSA) is 0 Å². The van der Waals surface area contributed by atoms with Gasteiger partial charge in [0.2, 0.25) is 0 Å². The van der Waals surface area contributed by atoms with E-state index in [0.29, 0.717) is 5.92 Å². The number of rotatable bonds is 2. The summed E-state index contributed by atoms with van der Waals surface area (Å²) in [4.78, 5) is 0. The van der Waals surface area contributed by atoms with Crippen LogP contribution in [0, 0.1) is 6.07 Å². The van der Waals surface area contributed by atoms with Crippen molar-refractivity contribution in [3.8, 4) is 0 Å². The Balaban J connectivity index is 2.30. The quantitative estimate of drug-likeness (QED) is 0.663. The van der Waals surface area contributed by atoms with E-state index in [1.165, 1.54) is 11.1 Å². The lowest BCUT2D eigenvalue weighted by Crippen LogP contribution is -1.94. The second-order valence-electron chi connectivity index (χ2n) is 3.47. The summed E-state index contributed by atoms with van der Waals surface area (Å²) in [6.45, 7) is 2.22. The van der Waals surface area contributed by atoms with Gasteiger partial charge in [-0.25, -0.2) is 0 Å². The zero-order valence-electron chi connectivity index (χ0n) is 8.27. The van der Waals surface area contributed by atoms with Gasteiger partial charge >= 0.3 is 0 Å². The molecule has 2 rings (SSSR count). The maximum absolute atomic E-state index is 3.11. The lowest BCUT2D eigenvalue weighted by Gasteiger charge is -2.11. The van der Waals surface area contributed by atoms with E-state index in [0.717, 1.165) is 0 Å². The SMILES string of the molecule is CC(c1c[c]ccc1)c1ccccc1. The molecule has 0 aromatic heterocycles. The first kappa shape index (κ1) is 9.01. The van der Waals surface area contributed by atoms with Gasteiger partial charge in [-0.05, 0) is 17.2 Å². The molecule has 1 unspecified atom stereocenters. The van der Waals surface area contributed by atoms with E-state index < -0.39 is 0 Å². The molecule has 1 radical (unpaired) electrons. The smallest absolute Gasteiger partial charge is 0.00612 e. The molecule has 0 fully saturated rings. The van der Waals surface area contributed by atoms with Crippen LogP contribution < -0.4 is 0 Å². The Hall–Kier alpha value is -1.56. The first-order chi connectivity index (χ1) is 6.88. The third kappa shape index (κ3) is 1.85. The van der Waals surface area contributed by atoms with Crippen molar-refractivity contribution in [2.24, 2.45) is 0 Å². The zero-order valence-corrected chi connectivity index (χ0v) is 8.27. The van der Waals surface area contributed by atoms with Crippen LogP contribution in [0.5, 0.6) is 0 Å². The van der Waals surface area contributed by atoms with Crippen LogP contribution in [-0.2, 0) is 0 Å². The highest BCUT2D eigenvalue weighted by molar-refractivity contribution is 5.30. The van der Waals surface area contributed by atoms with Gasteiger partial charge in [-0.1, -0.05) is 61.5 Å². The summed E-state index contributed by atoms with van der Waals surface area (Å²) in [6.07, 6.45) is 0. The van der Waals surface area contributed by atoms with E-state index in [9.17, 15) is 0 Å². The van der Waals surface area contributed by atoms with Crippen LogP contribution in [0.25, 0.3) is 0 Å². The molecule has 0 nitrogen and oxygen atoms in total. The van der Waals surface area contributed by atoms with Crippen molar-refractivity contribution in [3.05, 3.63) is 71.8 Å². The molecular weight excluding hydrogens is 168 g/mol. The van der Waals surface area contributed by atoms with Gasteiger partial charge in [-0.3, -0.25) is 0 Å². The van der Waals surface area contributed by atoms with Crippen molar-refractivity contribution in [3.63, 3.8) is 0 Å². The van der Waals surface area contributed by atoms with E-state index in [4.69, 9.17) is 0 Å². The summed E-state index contributed by atoms with van der Waals surface area (Å²) in [6, 6.07) is 21.8. The maximum Gasteiger partial charge on any atom is 0.00612 e. The largest absolute Gasteiger partial charge is 0.0622 e. The molecule has 69 valence electrons. The molecule has 0 amide bonds. The molecule has 0 bridgehead atoms. The summed E-state index contributed by atoms with van der Waals surface area (Å²) in [5.41, 5.74) is 2.67. The second kappa shape index (κ2) is 4.10. The number of benzene rings is 2. The van der Waals surface area contributed by atoms with Crippen LogP contribution in [0.3, 0.4) is 0 Å². The molecule has 0 N–H and O–H groups in total. The van der Waals surface area contributed by atoms with E-state index in [-0.39, 0.29) is 0 Å². The highest BCUT2D eigenvalue weighted by atomic mass is 14.1. The first-order valence-corrected chi connectivity index (χ1v) is 4.89. The molecule has 0 aliphatic heterocycles. The molecule has 2 aromatic carbocycles. The van der Waals surface area contributed by atoms with Crippen molar-refractivity contribution >= 4 is 0 Å². The molecule has 0 heterocycles. The molecule has 1 atom stereocenters. The second-order valence-corrected chi connectivity index (χ2v) is 3.47. The van der Waals surface area contributed by atoms with Crippen LogP contribution >= 0.6 is 0 Å². The Morgan fingerprint density at radius 2 is 1.64 bits per heavy atom. The van der Waals surface area contributed by atoms with Crippen LogP contribution in [0.4, 0.5) is 0 Å². The highest BCUT2D eigenvalue weighted by Gasteiger charge is 2.05. The van der Waals surface area contributed by atoms with Gasteiger partial charge in [-0.2, -0.15) is 0 Å². The maximum atomic E-state index is 3.11. The normalized spacial score (nSPS) is 10.4. The fraction of sp³-hybridized carbons (Fsp3) is 0.143. The van der Waals surface area contributed by atoms with Crippen LogP contribution in [0.1, 0.15) is 24.0 Å². The van der Waals surface area contributed by atoms with Crippen molar-refractivity contribution < 1.29 is 0 Å². The molecule has 2 aromatic rings. The summed E-state index contributed by atoms with van der Waals surface area (Å²) >= 11 is 0. The Morgan fingerprint density at radius 1 is 0.929 bits per heavy atom. The minimum absolute atomic E-state index is 0.452. The van der Waals surface area contributed by atoms with Crippen molar-refractivity contribution in [2.75, 3.05) is 0 Å². The van der Waals surface area contributed by atoms with Gasteiger partial charge < -0.3 is 0 Å². The average molecular weight is 181 g/mol. The predicted octanol–water partition coefficient (Wildman–Crippen LogP) is 3.64. The molecular formula is C14H13. The number of hydrogen-bond donors (Lipinski definition) is 0. The first-order valence-electron chi connectivity index (χ1n) is 4.89. The third-order valence-electron chi connectivity index (χ3n) is 2.53. The summed E-state index contributed by atoms with van der Waals surface area (Å²) in [5.74, 6) is 0.452. The van der Waals surface area contributed by atoms with Gasteiger partial charge in [-0.15, -0.1) is 0 Å². The molecule has 0 spiro atoms. The van der Waals surface area contributed by atoms with Crippen LogP contribution in [-0.4, -0.2) is 0 Å². The lowest BCUT2D eigenvalue weighted by atomic mass is 9.93. The average Bonchev–Trinajstić information content (AvgIpc) is 2.30. The zero-order chi connectivity index (χ0) is 9.80. The van der Waals surface area contributed by atoms with Gasteiger partial charge in [0.1, 0.15) is 0 Å². The van der Waals surface area contributed by atoms with E-state index >= 15 is 0 Å². The molecule has 0 saturated carbocycles. The van der Waals surface area contributed by atoms with E-state index in [1.54, 1.807) is 0 Å².